The van der Waals surface area contributed by atoms with E-state index in [0.717, 1.165) is 4.90 Å². The molecular formula is C22H22N2O9. The molecule has 2 heterocycles. The Bertz CT molecular complexity index is 1100. The number of hydrogen-bond donors (Lipinski definition) is 1. The predicted molar refractivity (Wildman–Crippen MR) is 112 cm³/mol. The third-order valence-electron chi connectivity index (χ3n) is 4.48. The lowest BCUT2D eigenvalue weighted by molar-refractivity contribution is -0.143. The Kier molecular flexibility index (Phi) is 7.34. The van der Waals surface area contributed by atoms with Crippen LogP contribution in [-0.4, -0.2) is 56.2 Å². The quantitative estimate of drug-likeness (QED) is 0.341. The van der Waals surface area contributed by atoms with E-state index in [-0.39, 0.29) is 30.4 Å². The van der Waals surface area contributed by atoms with Gasteiger partial charge in [0.15, 0.2) is 18.1 Å². The van der Waals surface area contributed by atoms with Gasteiger partial charge in [-0.3, -0.25) is 9.69 Å². The number of nitrogens with one attached hydrogen (secondary N) is 1. The maximum Gasteiger partial charge on any atom is 0.373 e. The van der Waals surface area contributed by atoms with Crippen LogP contribution in [0.25, 0.3) is 6.08 Å². The summed E-state index contributed by atoms with van der Waals surface area (Å²) in [4.78, 5) is 48.8. The largest absolute Gasteiger partial charge is 0.490 e. The first kappa shape index (κ1) is 23.4. The number of benzene rings is 1. The lowest BCUT2D eigenvalue weighted by atomic mass is 10.1. The van der Waals surface area contributed by atoms with Gasteiger partial charge in [0.25, 0.3) is 5.91 Å². The average molecular weight is 458 g/mol. The molecular weight excluding hydrogens is 436 g/mol. The third-order valence-corrected chi connectivity index (χ3v) is 4.48. The Labute approximate surface area is 188 Å². The molecule has 1 saturated heterocycles. The average Bonchev–Trinajstić information content (AvgIpc) is 3.38. The molecule has 1 N–H and O–H groups in total. The van der Waals surface area contributed by atoms with Crippen molar-refractivity contribution in [3.63, 3.8) is 0 Å². The molecule has 33 heavy (non-hydrogen) atoms. The molecule has 1 aromatic carbocycles. The van der Waals surface area contributed by atoms with Gasteiger partial charge < -0.3 is 28.7 Å². The van der Waals surface area contributed by atoms with Gasteiger partial charge in [-0.25, -0.2) is 14.4 Å². The minimum absolute atomic E-state index is 0.0340. The number of nitrogens with zero attached hydrogens (tertiary/aromatic N) is 1. The molecule has 0 atom stereocenters. The number of furan rings is 1. The normalized spacial score (nSPS) is 14.3. The molecule has 3 rings (SSSR count). The van der Waals surface area contributed by atoms with Crippen molar-refractivity contribution in [2.45, 2.75) is 13.5 Å². The molecule has 1 fully saturated rings. The van der Waals surface area contributed by atoms with E-state index in [4.69, 9.17) is 13.9 Å². The van der Waals surface area contributed by atoms with Crippen LogP contribution in [0.3, 0.4) is 0 Å². The summed E-state index contributed by atoms with van der Waals surface area (Å²) in [5, 5.41) is 2.51. The first-order chi connectivity index (χ1) is 15.9. The summed E-state index contributed by atoms with van der Waals surface area (Å²) in [5.74, 6) is -0.886. The number of amides is 3. The predicted octanol–water partition coefficient (Wildman–Crippen LogP) is 2.11. The molecule has 0 unspecified atom stereocenters. The van der Waals surface area contributed by atoms with Gasteiger partial charge in [0.2, 0.25) is 5.76 Å². The number of methoxy groups -OCH3 is 2. The SMILES string of the molecule is CCOc1cc(C=C2NC(=O)N(Cc3ccc(C(=O)OC)o3)C2=O)ccc1OCC(=O)OC. The monoisotopic (exact) mass is 458 g/mol. The molecule has 11 nitrogen and oxygen atoms in total. The molecule has 174 valence electrons. The maximum atomic E-state index is 12.7. The summed E-state index contributed by atoms with van der Waals surface area (Å²) in [7, 11) is 2.47. The van der Waals surface area contributed by atoms with E-state index in [1.165, 1.54) is 32.4 Å². The zero-order valence-electron chi connectivity index (χ0n) is 18.2. The van der Waals surface area contributed by atoms with Crippen molar-refractivity contribution in [1.82, 2.24) is 10.2 Å². The van der Waals surface area contributed by atoms with E-state index in [0.29, 0.717) is 23.7 Å². The van der Waals surface area contributed by atoms with E-state index in [2.05, 4.69) is 14.8 Å². The van der Waals surface area contributed by atoms with E-state index in [1.807, 2.05) is 0 Å². The van der Waals surface area contributed by atoms with Crippen molar-refractivity contribution in [3.05, 3.63) is 53.1 Å². The molecule has 0 spiro atoms. The number of rotatable bonds is 9. The fraction of sp³-hybridized carbons (Fsp3) is 0.273. The summed E-state index contributed by atoms with van der Waals surface area (Å²) in [6, 6.07) is 7.08. The molecule has 3 amide bonds. The Morgan fingerprint density at radius 2 is 1.85 bits per heavy atom. The van der Waals surface area contributed by atoms with Crippen molar-refractivity contribution in [3.8, 4) is 11.5 Å². The second-order valence-electron chi connectivity index (χ2n) is 6.64. The molecule has 0 aliphatic carbocycles. The molecule has 11 heteroatoms. The smallest absolute Gasteiger partial charge is 0.373 e. The fourth-order valence-corrected chi connectivity index (χ4v) is 2.91. The number of carbonyl (C=O) groups excluding carboxylic acids is 4. The van der Waals surface area contributed by atoms with Gasteiger partial charge in [0, 0.05) is 0 Å². The second-order valence-corrected chi connectivity index (χ2v) is 6.64. The molecule has 0 radical (unpaired) electrons. The van der Waals surface area contributed by atoms with Crippen LogP contribution < -0.4 is 14.8 Å². The minimum atomic E-state index is -0.664. The summed E-state index contributed by atoms with van der Waals surface area (Å²) in [6.45, 7) is 1.68. The number of ether oxygens (including phenoxy) is 4. The zero-order chi connectivity index (χ0) is 24.0. The van der Waals surface area contributed by atoms with E-state index in [9.17, 15) is 19.2 Å². The lowest BCUT2D eigenvalue weighted by Gasteiger charge is -2.12. The van der Waals surface area contributed by atoms with Gasteiger partial charge in [0.1, 0.15) is 11.5 Å². The van der Waals surface area contributed by atoms with Crippen LogP contribution in [0.1, 0.15) is 28.8 Å². The van der Waals surface area contributed by atoms with Gasteiger partial charge in [-0.15, -0.1) is 0 Å². The van der Waals surface area contributed by atoms with Gasteiger partial charge in [-0.2, -0.15) is 0 Å². The fourth-order valence-electron chi connectivity index (χ4n) is 2.91. The first-order valence-corrected chi connectivity index (χ1v) is 9.84. The molecule has 1 aliphatic rings. The summed E-state index contributed by atoms with van der Waals surface area (Å²) >= 11 is 0. The number of esters is 2. The highest BCUT2D eigenvalue weighted by Gasteiger charge is 2.34. The standard InChI is InChI=1S/C22H22N2O9/c1-4-31-18-10-13(5-7-16(18)32-12-19(25)29-2)9-15-20(26)24(22(28)23-15)11-14-6-8-17(33-14)21(27)30-3/h5-10H,4,11-12H2,1-3H3,(H,23,28). The first-order valence-electron chi connectivity index (χ1n) is 9.84. The van der Waals surface area contributed by atoms with Crippen LogP contribution in [-0.2, 0) is 25.6 Å². The number of imide groups is 1. The molecule has 1 aromatic heterocycles. The summed E-state index contributed by atoms with van der Waals surface area (Å²) in [5.41, 5.74) is 0.603. The lowest BCUT2D eigenvalue weighted by Crippen LogP contribution is -2.30. The van der Waals surface area contributed by atoms with Gasteiger partial charge in [0.05, 0.1) is 27.4 Å². The number of urea groups is 1. The summed E-state index contributed by atoms with van der Waals surface area (Å²) in [6.07, 6.45) is 1.48. The second kappa shape index (κ2) is 10.4. The van der Waals surface area contributed by atoms with Crippen LogP contribution in [0.2, 0.25) is 0 Å². The Hall–Kier alpha value is -4.28. The van der Waals surface area contributed by atoms with Crippen LogP contribution in [0, 0.1) is 0 Å². The highest BCUT2D eigenvalue weighted by Crippen LogP contribution is 2.30. The van der Waals surface area contributed by atoms with Crippen molar-refractivity contribution in [1.29, 1.82) is 0 Å². The minimum Gasteiger partial charge on any atom is -0.490 e. The molecule has 0 saturated carbocycles. The van der Waals surface area contributed by atoms with E-state index >= 15 is 0 Å². The highest BCUT2D eigenvalue weighted by atomic mass is 16.6. The van der Waals surface area contributed by atoms with Crippen molar-refractivity contribution < 1.29 is 42.5 Å². The van der Waals surface area contributed by atoms with Crippen LogP contribution in [0.15, 0.2) is 40.4 Å². The topological polar surface area (TPSA) is 134 Å². The van der Waals surface area contributed by atoms with Crippen molar-refractivity contribution >= 4 is 30.0 Å². The molecule has 0 bridgehead atoms. The van der Waals surface area contributed by atoms with E-state index < -0.39 is 23.9 Å². The Morgan fingerprint density at radius 1 is 1.06 bits per heavy atom. The molecule has 2 aromatic rings. The third kappa shape index (κ3) is 5.50. The van der Waals surface area contributed by atoms with Crippen molar-refractivity contribution in [2.24, 2.45) is 0 Å². The van der Waals surface area contributed by atoms with E-state index in [1.54, 1.807) is 25.1 Å². The summed E-state index contributed by atoms with van der Waals surface area (Å²) < 4.78 is 25.4. The van der Waals surface area contributed by atoms with Crippen LogP contribution >= 0.6 is 0 Å². The van der Waals surface area contributed by atoms with Gasteiger partial charge in [-0.1, -0.05) is 6.07 Å². The van der Waals surface area contributed by atoms with Crippen LogP contribution in [0.4, 0.5) is 4.79 Å². The molecule has 1 aliphatic heterocycles. The van der Waals surface area contributed by atoms with Crippen molar-refractivity contribution in [2.75, 3.05) is 27.4 Å². The Balaban J connectivity index is 1.76. The van der Waals surface area contributed by atoms with Gasteiger partial charge >= 0.3 is 18.0 Å². The van der Waals surface area contributed by atoms with Gasteiger partial charge in [-0.05, 0) is 42.8 Å². The maximum absolute atomic E-state index is 12.7. The highest BCUT2D eigenvalue weighted by molar-refractivity contribution is 6.13. The Morgan fingerprint density at radius 3 is 2.55 bits per heavy atom. The number of hydrogen-bond acceptors (Lipinski definition) is 9. The number of carbonyl (C=O) groups is 4. The zero-order valence-corrected chi connectivity index (χ0v) is 18.2. The van der Waals surface area contributed by atoms with Crippen LogP contribution in [0.5, 0.6) is 11.5 Å².